The van der Waals surface area contributed by atoms with Crippen molar-refractivity contribution in [3.05, 3.63) is 91.0 Å². The lowest BCUT2D eigenvalue weighted by atomic mass is 10.1. The van der Waals surface area contributed by atoms with Crippen LogP contribution in [0.15, 0.2) is 95.9 Å². The Balaban J connectivity index is 0.000000295. The van der Waals surface area contributed by atoms with Crippen LogP contribution in [0.5, 0.6) is 0 Å². The summed E-state index contributed by atoms with van der Waals surface area (Å²) in [6, 6.07) is 29.7. The van der Waals surface area contributed by atoms with Crippen molar-refractivity contribution in [3.8, 4) is 11.1 Å². The Labute approximate surface area is 224 Å². The van der Waals surface area contributed by atoms with Crippen LogP contribution in [0.4, 0.5) is 8.41 Å². The van der Waals surface area contributed by atoms with Crippen LogP contribution in [0.1, 0.15) is 39.0 Å². The van der Waals surface area contributed by atoms with Gasteiger partial charge in [-0.15, -0.1) is 0 Å². The number of hydrogen-bond donors (Lipinski definition) is 1. The van der Waals surface area contributed by atoms with Crippen LogP contribution in [0.3, 0.4) is 0 Å². The maximum Gasteiger partial charge on any atom is 0.300 e. The molecule has 0 aliphatic heterocycles. The summed E-state index contributed by atoms with van der Waals surface area (Å²) in [5.74, 6) is -0.550. The molecule has 0 amide bonds. The Kier molecular flexibility index (Phi) is 18.3. The average Bonchev–Trinajstić information content (AvgIpc) is 2.95. The third-order valence-corrected chi connectivity index (χ3v) is 6.30. The van der Waals surface area contributed by atoms with Crippen molar-refractivity contribution >= 4 is 22.3 Å². The molecule has 0 fully saturated rings. The molecule has 1 atom stereocenters. The third kappa shape index (κ3) is 16.9. The number of benzene rings is 3. The highest BCUT2D eigenvalue weighted by Gasteiger charge is 2.12. The van der Waals surface area contributed by atoms with Gasteiger partial charge in [0.25, 0.3) is 10.1 Å². The van der Waals surface area contributed by atoms with E-state index in [1.54, 1.807) is 12.1 Å². The van der Waals surface area contributed by atoms with Gasteiger partial charge in [-0.1, -0.05) is 116 Å². The smallest absolute Gasteiger partial charge is 0.300 e. The van der Waals surface area contributed by atoms with Gasteiger partial charge in [0, 0.05) is 4.90 Å². The number of hydrogen-bond acceptors (Lipinski definition) is 6. The first-order chi connectivity index (χ1) is 17.9. The molecule has 1 N–H and O–H groups in total. The number of aliphatic hydroxyl groups excluding tert-OH is 1. The Morgan fingerprint density at radius 2 is 1.35 bits per heavy atom. The Hall–Kier alpha value is -2.30. The first-order valence-corrected chi connectivity index (χ1v) is 14.4. The maximum absolute atomic E-state index is 11.6. The molecule has 37 heavy (non-hydrogen) atoms. The first-order valence-electron chi connectivity index (χ1n) is 12.1. The SMILES string of the molecule is CCCCCCC(O)COCCS(=O)(=O)OF.FSc1ccccc1.c1ccc(-c2ccccc2)cc1. The van der Waals surface area contributed by atoms with E-state index in [-0.39, 0.29) is 25.4 Å². The molecule has 0 aromatic heterocycles. The van der Waals surface area contributed by atoms with Crippen LogP contribution in [-0.4, -0.2) is 38.6 Å². The topological polar surface area (TPSA) is 72.8 Å². The summed E-state index contributed by atoms with van der Waals surface area (Å²) < 4.78 is 51.8. The molecule has 0 saturated heterocycles. The number of rotatable bonds is 13. The molecular weight excluding hydrogens is 518 g/mol. The highest BCUT2D eigenvalue weighted by Crippen LogP contribution is 2.17. The summed E-state index contributed by atoms with van der Waals surface area (Å²) in [5, 5.41) is 9.46. The number of halogens is 2. The minimum absolute atomic E-state index is 0.0634. The minimum Gasteiger partial charge on any atom is -0.391 e. The molecule has 0 bridgehead atoms. The molecule has 3 aromatic carbocycles. The van der Waals surface area contributed by atoms with Gasteiger partial charge in [-0.3, -0.25) is 0 Å². The van der Waals surface area contributed by atoms with Gasteiger partial charge in [-0.25, -0.2) is 0 Å². The van der Waals surface area contributed by atoms with E-state index in [4.69, 9.17) is 4.74 Å². The standard InChI is InChI=1S/C12H10.C10H21FO5S.C6H5FS/c1-3-7-11(8-4-1)12-9-5-2-6-10-12;1-2-3-4-5-6-10(12)9-15-7-8-17(13,14)16-11;7-8-6-4-2-1-3-5-6/h1-10H;10,12H,2-9H2,1H3;1-5H. The van der Waals surface area contributed by atoms with Gasteiger partial charge < -0.3 is 9.84 Å². The molecule has 3 rings (SSSR count). The molecule has 0 aliphatic rings. The fourth-order valence-electron chi connectivity index (χ4n) is 3.04. The lowest BCUT2D eigenvalue weighted by Crippen LogP contribution is -2.19. The van der Waals surface area contributed by atoms with E-state index < -0.39 is 22.0 Å². The molecule has 0 aliphatic carbocycles. The molecule has 0 radical (unpaired) electrons. The molecule has 9 heteroatoms. The van der Waals surface area contributed by atoms with E-state index in [1.807, 2.05) is 30.3 Å². The molecule has 1 unspecified atom stereocenters. The second kappa shape index (κ2) is 20.7. The van der Waals surface area contributed by atoms with Gasteiger partial charge in [0.2, 0.25) is 0 Å². The lowest BCUT2D eigenvalue weighted by molar-refractivity contribution is -0.000450. The summed E-state index contributed by atoms with van der Waals surface area (Å²) in [6.07, 6.45) is 4.29. The number of unbranched alkanes of at least 4 members (excludes halogenated alkanes) is 3. The molecule has 204 valence electrons. The quantitative estimate of drug-likeness (QED) is 0.220. The van der Waals surface area contributed by atoms with Crippen molar-refractivity contribution in [2.75, 3.05) is 19.0 Å². The fourth-order valence-corrected chi connectivity index (χ4v) is 3.68. The maximum atomic E-state index is 11.6. The van der Waals surface area contributed by atoms with E-state index in [1.165, 1.54) is 11.1 Å². The van der Waals surface area contributed by atoms with Crippen LogP contribution in [0.25, 0.3) is 11.1 Å². The Morgan fingerprint density at radius 3 is 1.78 bits per heavy atom. The largest absolute Gasteiger partial charge is 0.391 e. The Bertz CT molecular complexity index is 987. The van der Waals surface area contributed by atoms with Crippen molar-refractivity contribution in [3.63, 3.8) is 0 Å². The second-order valence-electron chi connectivity index (χ2n) is 8.03. The number of ether oxygens (including phenoxy) is 1. The molecule has 3 aromatic rings. The van der Waals surface area contributed by atoms with E-state index >= 15 is 0 Å². The normalized spacial score (nSPS) is 11.5. The van der Waals surface area contributed by atoms with E-state index in [2.05, 4.69) is 59.8 Å². The summed E-state index contributed by atoms with van der Waals surface area (Å²) in [5.41, 5.74) is 2.55. The molecule has 0 spiro atoms. The van der Waals surface area contributed by atoms with Gasteiger partial charge in [-0.2, -0.15) is 12.3 Å². The zero-order valence-electron chi connectivity index (χ0n) is 21.0. The summed E-state index contributed by atoms with van der Waals surface area (Å²) in [6.45, 7) is 1.99. The lowest BCUT2D eigenvalue weighted by Gasteiger charge is -2.10. The van der Waals surface area contributed by atoms with Gasteiger partial charge >= 0.3 is 0 Å². The van der Waals surface area contributed by atoms with E-state index in [9.17, 15) is 21.9 Å². The van der Waals surface area contributed by atoms with Crippen molar-refractivity contribution < 1.29 is 31.1 Å². The Morgan fingerprint density at radius 1 is 0.838 bits per heavy atom. The fraction of sp³-hybridized carbons (Fsp3) is 0.357. The molecule has 0 heterocycles. The molecule has 0 saturated carbocycles. The average molecular weight is 555 g/mol. The minimum atomic E-state index is -4.12. The highest BCUT2D eigenvalue weighted by molar-refractivity contribution is 7.94. The molecular formula is C28H36F2O5S2. The zero-order chi connectivity index (χ0) is 27.2. The second-order valence-corrected chi connectivity index (χ2v) is 10.3. The predicted octanol–water partition coefficient (Wildman–Crippen LogP) is 7.58. The molecule has 5 nitrogen and oxygen atoms in total. The van der Waals surface area contributed by atoms with Crippen molar-refractivity contribution in [2.24, 2.45) is 0 Å². The van der Waals surface area contributed by atoms with Gasteiger partial charge in [0.1, 0.15) is 5.75 Å². The van der Waals surface area contributed by atoms with Gasteiger partial charge in [0.15, 0.2) is 0 Å². The number of aliphatic hydroxyl groups is 1. The van der Waals surface area contributed by atoms with Crippen molar-refractivity contribution in [1.29, 1.82) is 0 Å². The highest BCUT2D eigenvalue weighted by atomic mass is 32.2. The van der Waals surface area contributed by atoms with Crippen LogP contribution >= 0.6 is 12.1 Å². The van der Waals surface area contributed by atoms with Crippen LogP contribution in [0.2, 0.25) is 0 Å². The van der Waals surface area contributed by atoms with Crippen molar-refractivity contribution in [2.45, 2.75) is 50.0 Å². The van der Waals surface area contributed by atoms with Crippen LogP contribution in [-0.2, 0) is 19.2 Å². The van der Waals surface area contributed by atoms with Crippen LogP contribution in [0, 0.1) is 0 Å². The summed E-state index contributed by atoms with van der Waals surface area (Å²) in [7, 11) is -4.12. The first kappa shape index (κ1) is 32.7. The third-order valence-electron chi connectivity index (χ3n) is 4.99. The van der Waals surface area contributed by atoms with Crippen LogP contribution < -0.4 is 0 Å². The van der Waals surface area contributed by atoms with E-state index in [0.29, 0.717) is 11.3 Å². The van der Waals surface area contributed by atoms with Gasteiger partial charge in [0.05, 0.1) is 31.5 Å². The van der Waals surface area contributed by atoms with Gasteiger partial charge in [-0.05, 0) is 34.2 Å². The predicted molar refractivity (Wildman–Crippen MR) is 147 cm³/mol. The monoisotopic (exact) mass is 554 g/mol. The zero-order valence-corrected chi connectivity index (χ0v) is 22.7. The van der Waals surface area contributed by atoms with Crippen molar-refractivity contribution in [1.82, 2.24) is 0 Å². The van der Waals surface area contributed by atoms with E-state index in [0.717, 1.165) is 25.7 Å². The summed E-state index contributed by atoms with van der Waals surface area (Å²) >= 11 is 0.269. The summed E-state index contributed by atoms with van der Waals surface area (Å²) in [4.78, 5) is 0.660.